The van der Waals surface area contributed by atoms with E-state index < -0.39 is 0 Å². The zero-order valence-corrected chi connectivity index (χ0v) is 9.42. The fourth-order valence-corrected chi connectivity index (χ4v) is 1.35. The average Bonchev–Trinajstić information content (AvgIpc) is 2.04. The summed E-state index contributed by atoms with van der Waals surface area (Å²) in [7, 11) is 3.35. The van der Waals surface area contributed by atoms with Crippen LogP contribution in [-0.2, 0) is 27.5 Å². The standard InChI is InChI=1S/C9H7OSi.Mo/c11-9-6-5-7-3-1-2-4-8(7)10-9;/h1-4,6H,5H2;. The molecule has 0 saturated carbocycles. The maximum absolute atomic E-state index is 5.41. The Morgan fingerprint density at radius 2 is 2.00 bits per heavy atom. The van der Waals surface area contributed by atoms with E-state index in [1.807, 2.05) is 24.3 Å². The predicted molar refractivity (Wildman–Crippen MR) is 44.6 cm³/mol. The van der Waals surface area contributed by atoms with Crippen molar-refractivity contribution in [3.05, 3.63) is 41.3 Å². The van der Waals surface area contributed by atoms with Gasteiger partial charge in [0.1, 0.15) is 16.0 Å². The third kappa shape index (κ3) is 1.88. The van der Waals surface area contributed by atoms with Crippen LogP contribution in [0.15, 0.2) is 35.7 Å². The van der Waals surface area contributed by atoms with Gasteiger partial charge in [0, 0.05) is 21.1 Å². The second kappa shape index (κ2) is 4.06. The maximum Gasteiger partial charge on any atom is 0.129 e. The summed E-state index contributed by atoms with van der Waals surface area (Å²) < 4.78 is 5.41. The largest absolute Gasteiger partial charge is 0.468 e. The van der Waals surface area contributed by atoms with Crippen LogP contribution >= 0.6 is 0 Å². The van der Waals surface area contributed by atoms with Crippen LogP contribution in [-0.4, -0.2) is 10.2 Å². The Morgan fingerprint density at radius 3 is 2.83 bits per heavy atom. The van der Waals surface area contributed by atoms with Gasteiger partial charge in [0.25, 0.3) is 0 Å². The molecule has 1 heterocycles. The number of ether oxygens (including phenoxy) is 1. The molecule has 0 spiro atoms. The van der Waals surface area contributed by atoms with Crippen LogP contribution in [0.5, 0.6) is 5.75 Å². The molecule has 3 heteroatoms. The van der Waals surface area contributed by atoms with Crippen LogP contribution in [0.1, 0.15) is 5.56 Å². The molecule has 0 N–H and O–H groups in total. The molecule has 0 atom stereocenters. The number of fused-ring (bicyclic) bond motifs is 1. The Balaban J connectivity index is 0.000000720. The van der Waals surface area contributed by atoms with E-state index in [2.05, 4.69) is 16.3 Å². The molecule has 1 nitrogen and oxygen atoms in total. The number of para-hydroxylation sites is 1. The van der Waals surface area contributed by atoms with Gasteiger partial charge in [0.15, 0.2) is 0 Å². The van der Waals surface area contributed by atoms with E-state index in [1.54, 1.807) is 0 Å². The molecule has 0 aliphatic carbocycles. The Hall–Kier alpha value is -0.335. The van der Waals surface area contributed by atoms with Crippen LogP contribution in [0.2, 0.25) is 0 Å². The molecule has 3 radical (unpaired) electrons. The van der Waals surface area contributed by atoms with Crippen LogP contribution in [0.25, 0.3) is 0 Å². The van der Waals surface area contributed by atoms with Gasteiger partial charge in [-0.1, -0.05) is 18.2 Å². The Morgan fingerprint density at radius 1 is 1.25 bits per heavy atom. The van der Waals surface area contributed by atoms with Crippen LogP contribution in [0, 0.1) is 0 Å². The van der Waals surface area contributed by atoms with Crippen molar-refractivity contribution in [2.24, 2.45) is 0 Å². The van der Waals surface area contributed by atoms with Gasteiger partial charge in [-0.3, -0.25) is 0 Å². The van der Waals surface area contributed by atoms with Crippen LogP contribution in [0.3, 0.4) is 0 Å². The second-order valence-corrected chi connectivity index (χ2v) is 2.98. The Labute approximate surface area is 89.5 Å². The second-order valence-electron chi connectivity index (χ2n) is 2.48. The molecular formula is C9H7MoOSi. The van der Waals surface area contributed by atoms with Gasteiger partial charge < -0.3 is 4.74 Å². The van der Waals surface area contributed by atoms with Crippen molar-refractivity contribution in [2.45, 2.75) is 6.42 Å². The van der Waals surface area contributed by atoms with Gasteiger partial charge in [0.05, 0.1) is 5.38 Å². The van der Waals surface area contributed by atoms with E-state index in [0.717, 1.165) is 17.6 Å². The molecule has 2 rings (SSSR count). The normalized spacial score (nSPS) is 13.6. The minimum absolute atomic E-state index is 0. The summed E-state index contributed by atoms with van der Waals surface area (Å²) in [6, 6.07) is 8.05. The van der Waals surface area contributed by atoms with Gasteiger partial charge in [-0.15, -0.1) is 0 Å². The summed E-state index contributed by atoms with van der Waals surface area (Å²) >= 11 is 0. The topological polar surface area (TPSA) is 9.23 Å². The van der Waals surface area contributed by atoms with E-state index in [0.29, 0.717) is 0 Å². The molecule has 0 bridgehead atoms. The van der Waals surface area contributed by atoms with Crippen LogP contribution < -0.4 is 4.74 Å². The fourth-order valence-electron chi connectivity index (χ4n) is 1.13. The minimum Gasteiger partial charge on any atom is -0.468 e. The first-order valence-electron chi connectivity index (χ1n) is 3.54. The number of hydrogen-bond donors (Lipinski definition) is 0. The minimum atomic E-state index is 0. The Bertz CT molecular complexity index is 309. The quantitative estimate of drug-likeness (QED) is 0.640. The first-order valence-corrected chi connectivity index (χ1v) is 4.04. The van der Waals surface area contributed by atoms with Crippen molar-refractivity contribution in [1.29, 1.82) is 0 Å². The number of benzene rings is 1. The molecule has 0 unspecified atom stereocenters. The summed E-state index contributed by atoms with van der Waals surface area (Å²) in [5.41, 5.74) is 1.24. The first kappa shape index (κ1) is 9.75. The van der Waals surface area contributed by atoms with Gasteiger partial charge in [-0.2, -0.15) is 0 Å². The fraction of sp³-hybridized carbons (Fsp3) is 0.111. The van der Waals surface area contributed by atoms with Crippen molar-refractivity contribution in [3.63, 3.8) is 0 Å². The van der Waals surface area contributed by atoms with Crippen molar-refractivity contribution >= 4 is 10.2 Å². The molecule has 0 aromatic heterocycles. The molecular weight excluding hydrogens is 248 g/mol. The molecule has 12 heavy (non-hydrogen) atoms. The van der Waals surface area contributed by atoms with Crippen molar-refractivity contribution in [3.8, 4) is 5.75 Å². The predicted octanol–water partition coefficient (Wildman–Crippen LogP) is 1.63. The summed E-state index contributed by atoms with van der Waals surface area (Å²) in [6.07, 6.45) is 2.97. The van der Waals surface area contributed by atoms with E-state index in [-0.39, 0.29) is 21.1 Å². The van der Waals surface area contributed by atoms with Crippen molar-refractivity contribution in [1.82, 2.24) is 0 Å². The molecule has 1 aromatic carbocycles. The monoisotopic (exact) mass is 257 g/mol. The maximum atomic E-state index is 5.41. The molecule has 1 aliphatic heterocycles. The summed E-state index contributed by atoms with van der Waals surface area (Å²) in [5, 5.41) is 0.809. The number of hydrogen-bond acceptors (Lipinski definition) is 1. The molecule has 0 fully saturated rings. The zero-order valence-electron chi connectivity index (χ0n) is 6.41. The molecule has 0 amide bonds. The molecule has 1 aromatic rings. The first-order chi connectivity index (χ1) is 5.36. The van der Waals surface area contributed by atoms with Gasteiger partial charge in [-0.05, 0) is 24.1 Å². The van der Waals surface area contributed by atoms with E-state index in [1.165, 1.54) is 5.56 Å². The van der Waals surface area contributed by atoms with Crippen molar-refractivity contribution in [2.75, 3.05) is 0 Å². The van der Waals surface area contributed by atoms with Gasteiger partial charge >= 0.3 is 0 Å². The van der Waals surface area contributed by atoms with Crippen molar-refractivity contribution < 1.29 is 25.8 Å². The van der Waals surface area contributed by atoms with E-state index in [4.69, 9.17) is 4.74 Å². The molecule has 1 aliphatic rings. The third-order valence-corrected chi connectivity index (χ3v) is 2.01. The van der Waals surface area contributed by atoms with Gasteiger partial charge in [-0.25, -0.2) is 0 Å². The smallest absolute Gasteiger partial charge is 0.129 e. The summed E-state index contributed by atoms with van der Waals surface area (Å²) in [4.78, 5) is 0. The van der Waals surface area contributed by atoms with E-state index >= 15 is 0 Å². The van der Waals surface area contributed by atoms with E-state index in [9.17, 15) is 0 Å². The number of allylic oxidation sites excluding steroid dienone is 1. The van der Waals surface area contributed by atoms with Gasteiger partial charge in [0.2, 0.25) is 0 Å². The summed E-state index contributed by atoms with van der Waals surface area (Å²) in [6.45, 7) is 0. The molecule has 0 saturated heterocycles. The van der Waals surface area contributed by atoms with Crippen LogP contribution in [0.4, 0.5) is 0 Å². The zero-order chi connectivity index (χ0) is 7.68. The average molecular weight is 255 g/mol. The SMILES string of the molecule is [Mo].[Si]C1=CCc2ccccc2O1. The number of rotatable bonds is 0. The Kier molecular flexibility index (Phi) is 3.30. The molecule has 59 valence electrons. The third-order valence-electron chi connectivity index (χ3n) is 1.70. The summed E-state index contributed by atoms with van der Waals surface area (Å²) in [5.74, 6) is 0.958.